The van der Waals surface area contributed by atoms with E-state index < -0.39 is 5.92 Å². The topological polar surface area (TPSA) is 106 Å². The molecule has 7 nitrogen and oxygen atoms in total. The Bertz CT molecular complexity index is 1440. The van der Waals surface area contributed by atoms with Crippen molar-refractivity contribution in [3.8, 4) is 34.7 Å². The zero-order valence-corrected chi connectivity index (χ0v) is 18.8. The lowest BCUT2D eigenvalue weighted by Crippen LogP contribution is -2.21. The number of nitrogens with two attached hydrogens (primary N) is 1. The minimum Gasteiger partial charge on any atom is -0.497 e. The normalized spacial score (nSPS) is 14.6. The first kappa shape index (κ1) is 22.0. The maximum absolute atomic E-state index is 13.1. The highest BCUT2D eigenvalue weighted by Crippen LogP contribution is 2.46. The number of aromatic nitrogens is 2. The number of H-pyrrole nitrogens is 1. The highest BCUT2D eigenvalue weighted by atomic mass is 19.1. The van der Waals surface area contributed by atoms with Gasteiger partial charge < -0.3 is 19.9 Å². The molecule has 2 heterocycles. The van der Waals surface area contributed by atoms with Crippen molar-refractivity contribution < 1.29 is 18.6 Å². The summed E-state index contributed by atoms with van der Waals surface area (Å²) in [7, 11) is 1.60. The lowest BCUT2D eigenvalue weighted by molar-refractivity contribution is 0.306. The summed E-state index contributed by atoms with van der Waals surface area (Å²) in [6, 6.07) is 23.3. The van der Waals surface area contributed by atoms with Gasteiger partial charge in [0.1, 0.15) is 35.6 Å². The first-order chi connectivity index (χ1) is 17.1. The van der Waals surface area contributed by atoms with Crippen molar-refractivity contribution in [2.75, 3.05) is 7.11 Å². The van der Waals surface area contributed by atoms with E-state index in [4.69, 9.17) is 19.9 Å². The summed E-state index contributed by atoms with van der Waals surface area (Å²) in [5.41, 5.74) is 10.3. The third kappa shape index (κ3) is 4.27. The third-order valence-corrected chi connectivity index (χ3v) is 5.83. The van der Waals surface area contributed by atoms with Gasteiger partial charge in [0, 0.05) is 5.56 Å². The predicted octanol–water partition coefficient (Wildman–Crippen LogP) is 5.02. The molecule has 0 saturated carbocycles. The number of rotatable bonds is 6. The number of methoxy groups -OCH3 is 1. The Morgan fingerprint density at radius 2 is 1.86 bits per heavy atom. The molecular formula is C27H21FN4O3. The second-order valence-corrected chi connectivity index (χ2v) is 7.96. The van der Waals surface area contributed by atoms with Gasteiger partial charge in [-0.3, -0.25) is 5.10 Å². The number of halogens is 1. The van der Waals surface area contributed by atoms with Crippen molar-refractivity contribution >= 4 is 0 Å². The molecule has 0 radical (unpaired) electrons. The first-order valence-electron chi connectivity index (χ1n) is 10.8. The molecule has 1 aliphatic heterocycles. The molecule has 0 bridgehead atoms. The van der Waals surface area contributed by atoms with Gasteiger partial charge in [0.2, 0.25) is 11.8 Å². The average Bonchev–Trinajstić information content (AvgIpc) is 3.31. The average molecular weight is 468 g/mol. The molecule has 0 saturated heterocycles. The largest absolute Gasteiger partial charge is 0.497 e. The van der Waals surface area contributed by atoms with Gasteiger partial charge >= 0.3 is 0 Å². The minimum absolute atomic E-state index is 0.0188. The van der Waals surface area contributed by atoms with Crippen molar-refractivity contribution in [1.29, 1.82) is 5.26 Å². The van der Waals surface area contributed by atoms with Crippen LogP contribution in [0.3, 0.4) is 0 Å². The summed E-state index contributed by atoms with van der Waals surface area (Å²) in [6.07, 6.45) is 0. The number of nitriles is 1. The molecule has 4 aromatic rings. The monoisotopic (exact) mass is 468 g/mol. The first-order valence-corrected chi connectivity index (χ1v) is 10.8. The lowest BCUT2D eigenvalue weighted by atomic mass is 9.83. The van der Waals surface area contributed by atoms with Gasteiger partial charge in [-0.2, -0.15) is 5.26 Å². The summed E-state index contributed by atoms with van der Waals surface area (Å²) in [5, 5.41) is 17.3. The van der Waals surface area contributed by atoms with E-state index in [1.807, 2.05) is 48.5 Å². The summed E-state index contributed by atoms with van der Waals surface area (Å²) in [5.74, 6) is 0.890. The molecule has 1 aliphatic rings. The standard InChI is InChI=1S/C27H21FN4O3/c1-33-21-4-2-3-18(13-21)25-24-23(22(14-29)26(30)35-27(24)32-31-25)17-7-11-20(12-8-17)34-15-16-5-9-19(28)10-6-16/h2-13,23H,15,30H2,1H3,(H,31,32)/t23-/m0/s1. The van der Waals surface area contributed by atoms with Crippen LogP contribution in [0.15, 0.2) is 84.3 Å². The molecule has 35 heavy (non-hydrogen) atoms. The van der Waals surface area contributed by atoms with E-state index >= 15 is 0 Å². The van der Waals surface area contributed by atoms with Crippen LogP contribution >= 0.6 is 0 Å². The van der Waals surface area contributed by atoms with E-state index in [-0.39, 0.29) is 11.7 Å². The van der Waals surface area contributed by atoms with Gasteiger partial charge in [0.25, 0.3) is 0 Å². The van der Waals surface area contributed by atoms with Crippen LogP contribution in [0.25, 0.3) is 11.3 Å². The molecule has 8 heteroatoms. The van der Waals surface area contributed by atoms with Gasteiger partial charge in [-0.1, -0.05) is 36.4 Å². The minimum atomic E-state index is -0.491. The summed E-state index contributed by atoms with van der Waals surface area (Å²) >= 11 is 0. The van der Waals surface area contributed by atoms with Crippen molar-refractivity contribution in [3.05, 3.63) is 107 Å². The zero-order valence-electron chi connectivity index (χ0n) is 18.8. The van der Waals surface area contributed by atoms with Gasteiger partial charge in [-0.05, 0) is 47.5 Å². The van der Waals surface area contributed by atoms with Crippen LogP contribution in [0.1, 0.15) is 22.6 Å². The SMILES string of the molecule is COc1cccc(-c2[nH]nc3c2[C@@H](c2ccc(OCc4ccc(F)cc4)cc2)C(C#N)=C(N)O3)c1. The highest BCUT2D eigenvalue weighted by Gasteiger charge is 2.35. The molecule has 0 spiro atoms. The van der Waals surface area contributed by atoms with Gasteiger partial charge in [0.15, 0.2) is 0 Å². The molecule has 174 valence electrons. The number of nitrogens with one attached hydrogen (secondary N) is 1. The van der Waals surface area contributed by atoms with Crippen LogP contribution in [0, 0.1) is 17.1 Å². The Kier molecular flexibility index (Phi) is 5.81. The van der Waals surface area contributed by atoms with Crippen LogP contribution in [0.2, 0.25) is 0 Å². The van der Waals surface area contributed by atoms with Crippen molar-refractivity contribution in [3.63, 3.8) is 0 Å². The maximum atomic E-state index is 13.1. The smallest absolute Gasteiger partial charge is 0.244 e. The Morgan fingerprint density at radius 1 is 1.09 bits per heavy atom. The van der Waals surface area contributed by atoms with Crippen LogP contribution in [0.5, 0.6) is 17.4 Å². The molecular weight excluding hydrogens is 447 g/mol. The van der Waals surface area contributed by atoms with E-state index in [1.54, 1.807) is 19.2 Å². The van der Waals surface area contributed by atoms with Gasteiger partial charge in [0.05, 0.1) is 24.3 Å². The molecule has 0 aliphatic carbocycles. The quantitative estimate of drug-likeness (QED) is 0.412. The second-order valence-electron chi connectivity index (χ2n) is 7.96. The van der Waals surface area contributed by atoms with E-state index in [1.165, 1.54) is 12.1 Å². The molecule has 0 amide bonds. The van der Waals surface area contributed by atoms with Crippen LogP contribution in [-0.2, 0) is 6.61 Å². The molecule has 3 N–H and O–H groups in total. The fraction of sp³-hybridized carbons (Fsp3) is 0.111. The second kappa shape index (κ2) is 9.23. The fourth-order valence-corrected chi connectivity index (χ4v) is 4.08. The maximum Gasteiger partial charge on any atom is 0.244 e. The Labute approximate surface area is 201 Å². The highest BCUT2D eigenvalue weighted by molar-refractivity contribution is 5.71. The van der Waals surface area contributed by atoms with Gasteiger partial charge in [-0.25, -0.2) is 4.39 Å². The molecule has 0 fully saturated rings. The number of aromatic amines is 1. The van der Waals surface area contributed by atoms with E-state index in [2.05, 4.69) is 16.3 Å². The number of allylic oxidation sites excluding steroid dienone is 1. The predicted molar refractivity (Wildman–Crippen MR) is 127 cm³/mol. The summed E-state index contributed by atoms with van der Waals surface area (Å²) in [4.78, 5) is 0. The Morgan fingerprint density at radius 3 is 2.57 bits per heavy atom. The number of nitrogens with zero attached hydrogens (tertiary/aromatic N) is 2. The van der Waals surface area contributed by atoms with Gasteiger partial charge in [-0.15, -0.1) is 5.10 Å². The van der Waals surface area contributed by atoms with Crippen molar-refractivity contribution in [1.82, 2.24) is 10.2 Å². The van der Waals surface area contributed by atoms with Crippen molar-refractivity contribution in [2.45, 2.75) is 12.5 Å². The summed E-state index contributed by atoms with van der Waals surface area (Å²) in [6.45, 7) is 0.305. The van der Waals surface area contributed by atoms with Crippen LogP contribution < -0.4 is 19.9 Å². The number of benzene rings is 3. The lowest BCUT2D eigenvalue weighted by Gasteiger charge is -2.24. The molecule has 3 aromatic carbocycles. The zero-order chi connectivity index (χ0) is 24.4. The summed E-state index contributed by atoms with van der Waals surface area (Å²) < 4.78 is 30.0. The van der Waals surface area contributed by atoms with Crippen molar-refractivity contribution in [2.24, 2.45) is 5.73 Å². The molecule has 0 unspecified atom stereocenters. The van der Waals surface area contributed by atoms with E-state index in [0.717, 1.165) is 16.7 Å². The van der Waals surface area contributed by atoms with E-state index in [9.17, 15) is 9.65 Å². The number of hydrogen-bond donors (Lipinski definition) is 2. The molecule has 1 aromatic heterocycles. The number of hydrogen-bond acceptors (Lipinski definition) is 6. The molecule has 5 rings (SSSR count). The Balaban J connectivity index is 1.48. The molecule has 1 atom stereocenters. The van der Waals surface area contributed by atoms with Crippen LogP contribution in [0.4, 0.5) is 4.39 Å². The Hall–Kier alpha value is -4.77. The van der Waals surface area contributed by atoms with E-state index in [0.29, 0.717) is 40.8 Å². The number of fused-ring (bicyclic) bond motifs is 1. The van der Waals surface area contributed by atoms with Crippen LogP contribution in [-0.4, -0.2) is 17.3 Å². The third-order valence-electron chi connectivity index (χ3n) is 5.83. The fourth-order valence-electron chi connectivity index (χ4n) is 4.08. The number of ether oxygens (including phenoxy) is 3.